The van der Waals surface area contributed by atoms with Crippen LogP contribution in [-0.4, -0.2) is 63.3 Å². The third-order valence-electron chi connectivity index (χ3n) is 7.11. The number of rotatable bonds is 14. The summed E-state index contributed by atoms with van der Waals surface area (Å²) in [6.07, 6.45) is 8.55. The minimum absolute atomic E-state index is 0.00417. The first-order chi connectivity index (χ1) is 22.6. The van der Waals surface area contributed by atoms with Gasteiger partial charge >= 0.3 is 11.9 Å². The maximum atomic E-state index is 15.5. The first-order valence-corrected chi connectivity index (χ1v) is 15.6. The van der Waals surface area contributed by atoms with Crippen molar-refractivity contribution >= 4 is 29.8 Å². The van der Waals surface area contributed by atoms with Crippen LogP contribution in [0.5, 0.6) is 0 Å². The molecule has 10 nitrogen and oxygen atoms in total. The molecule has 1 saturated heterocycles. The molecular formula is C33H33F3N4O6S. The second kappa shape index (κ2) is 16.9. The van der Waals surface area contributed by atoms with E-state index < -0.39 is 46.5 Å². The van der Waals surface area contributed by atoms with Crippen LogP contribution in [0.25, 0.3) is 6.08 Å². The molecule has 2 heterocycles. The predicted octanol–water partition coefficient (Wildman–Crippen LogP) is 5.48. The highest BCUT2D eigenvalue weighted by Gasteiger charge is 2.46. The lowest BCUT2D eigenvalue weighted by atomic mass is 9.89. The van der Waals surface area contributed by atoms with Crippen molar-refractivity contribution in [2.24, 2.45) is 0 Å². The lowest BCUT2D eigenvalue weighted by Crippen LogP contribution is -2.47. The van der Waals surface area contributed by atoms with Crippen LogP contribution >= 0.6 is 11.8 Å². The van der Waals surface area contributed by atoms with E-state index in [2.05, 4.69) is 10.1 Å². The van der Waals surface area contributed by atoms with E-state index in [-0.39, 0.29) is 55.6 Å². The first kappa shape index (κ1) is 35.4. The number of hydrogen-bond donors (Lipinski definition) is 0. The number of ether oxygens (including phenoxy) is 4. The molecule has 1 fully saturated rings. The van der Waals surface area contributed by atoms with E-state index in [0.29, 0.717) is 5.56 Å². The van der Waals surface area contributed by atoms with Crippen LogP contribution in [0.2, 0.25) is 0 Å². The van der Waals surface area contributed by atoms with Gasteiger partial charge in [-0.3, -0.25) is 9.59 Å². The average Bonchev–Trinajstić information content (AvgIpc) is 3.55. The molecule has 0 radical (unpaired) electrons. The fourth-order valence-electron chi connectivity index (χ4n) is 4.81. The highest BCUT2D eigenvalue weighted by molar-refractivity contribution is 8.00. The van der Waals surface area contributed by atoms with Gasteiger partial charge in [0.15, 0.2) is 11.9 Å². The zero-order valence-electron chi connectivity index (χ0n) is 25.7. The van der Waals surface area contributed by atoms with Gasteiger partial charge < -0.3 is 18.9 Å². The summed E-state index contributed by atoms with van der Waals surface area (Å²) in [5.41, 5.74) is -1.17. The molecule has 4 rings (SSSR count). The number of aromatic nitrogens is 3. The van der Waals surface area contributed by atoms with E-state index >= 15 is 4.39 Å². The summed E-state index contributed by atoms with van der Waals surface area (Å²) >= 11 is 1.34. The summed E-state index contributed by atoms with van der Waals surface area (Å²) in [4.78, 5) is 28.2. The first-order valence-electron chi connectivity index (χ1n) is 14.7. The number of carbonyl (C=O) groups is 2. The van der Waals surface area contributed by atoms with Gasteiger partial charge in [0, 0.05) is 35.8 Å². The summed E-state index contributed by atoms with van der Waals surface area (Å²) in [6.45, 7) is 3.36. The number of esters is 2. The largest absolute Gasteiger partial charge is 0.466 e. The zero-order chi connectivity index (χ0) is 33.8. The summed E-state index contributed by atoms with van der Waals surface area (Å²) in [7, 11) is 0. The van der Waals surface area contributed by atoms with Crippen LogP contribution in [0.1, 0.15) is 43.4 Å². The van der Waals surface area contributed by atoms with E-state index in [1.165, 1.54) is 54.2 Å². The summed E-state index contributed by atoms with van der Waals surface area (Å²) in [5, 5.41) is 12.1. The molecule has 3 aromatic rings. The van der Waals surface area contributed by atoms with E-state index in [1.54, 1.807) is 31.2 Å². The number of allylic oxidation sites excluding steroid dienone is 2. The monoisotopic (exact) mass is 670 g/mol. The minimum atomic E-state index is -1.67. The maximum Gasteiger partial charge on any atom is 0.306 e. The molecular weight excluding hydrogens is 637 g/mol. The van der Waals surface area contributed by atoms with Gasteiger partial charge in [0.2, 0.25) is 0 Å². The van der Waals surface area contributed by atoms with Crippen molar-refractivity contribution in [3.63, 3.8) is 0 Å². The average molecular weight is 671 g/mol. The Labute approximate surface area is 274 Å². The molecule has 1 aliphatic rings. The Balaban J connectivity index is 1.47. The van der Waals surface area contributed by atoms with Crippen molar-refractivity contribution < 1.29 is 41.7 Å². The van der Waals surface area contributed by atoms with Gasteiger partial charge in [0.25, 0.3) is 0 Å². The standard InChI is InChI=1S/C33H33F3N4O6S/c1-22(47-27-17-44-32(45-18-27)8-4-3-6-25-10-9-24(16-37)14-29(25)35)33(19-40-21-38-20-39-40,28-12-11-26(34)15-30(28)36)46-31(42)7-5-13-43-23(2)41/h3-4,6,8-12,14-15,20-22,27,32H,5,7,13,17-19H2,1-2H3. The second-order valence-electron chi connectivity index (χ2n) is 10.6. The van der Waals surface area contributed by atoms with Gasteiger partial charge in [0.1, 0.15) is 30.1 Å². The zero-order valence-corrected chi connectivity index (χ0v) is 26.5. The molecule has 0 saturated carbocycles. The Morgan fingerprint density at radius 1 is 1.17 bits per heavy atom. The van der Waals surface area contributed by atoms with Gasteiger partial charge in [0.05, 0.1) is 43.2 Å². The van der Waals surface area contributed by atoms with Crippen LogP contribution in [0, 0.1) is 28.8 Å². The summed E-state index contributed by atoms with van der Waals surface area (Å²) in [5.74, 6) is -3.37. The number of carbonyl (C=O) groups excluding carboxylic acids is 2. The summed E-state index contributed by atoms with van der Waals surface area (Å²) < 4.78 is 67.7. The van der Waals surface area contributed by atoms with Gasteiger partial charge in [-0.15, -0.1) is 11.8 Å². The number of thioether (sulfide) groups is 1. The lowest BCUT2D eigenvalue weighted by molar-refractivity contribution is -0.164. The molecule has 1 aliphatic heterocycles. The van der Waals surface area contributed by atoms with Crippen LogP contribution in [0.4, 0.5) is 13.2 Å². The number of hydrogen-bond acceptors (Lipinski definition) is 10. The van der Waals surface area contributed by atoms with Crippen molar-refractivity contribution in [2.45, 2.75) is 55.6 Å². The molecule has 2 aromatic carbocycles. The van der Waals surface area contributed by atoms with Crippen molar-refractivity contribution in [3.8, 4) is 6.07 Å². The van der Waals surface area contributed by atoms with Crippen molar-refractivity contribution in [1.82, 2.24) is 14.8 Å². The number of benzene rings is 2. The smallest absolute Gasteiger partial charge is 0.306 e. The minimum Gasteiger partial charge on any atom is -0.466 e. The fraction of sp³-hybridized carbons (Fsp3) is 0.364. The van der Waals surface area contributed by atoms with Crippen LogP contribution in [0.3, 0.4) is 0 Å². The molecule has 14 heteroatoms. The highest BCUT2D eigenvalue weighted by Crippen LogP contribution is 2.42. The van der Waals surface area contributed by atoms with E-state index in [9.17, 15) is 18.4 Å². The van der Waals surface area contributed by atoms with Crippen molar-refractivity contribution in [1.29, 1.82) is 5.26 Å². The molecule has 1 aromatic heterocycles. The fourth-order valence-corrected chi connectivity index (χ4v) is 6.17. The Hall–Kier alpha value is -4.45. The molecule has 0 bridgehead atoms. The predicted molar refractivity (Wildman–Crippen MR) is 166 cm³/mol. The van der Waals surface area contributed by atoms with Gasteiger partial charge in [-0.25, -0.2) is 22.8 Å². The van der Waals surface area contributed by atoms with Crippen molar-refractivity contribution in [2.75, 3.05) is 19.8 Å². The van der Waals surface area contributed by atoms with Crippen LogP contribution in [0.15, 0.2) is 67.3 Å². The molecule has 2 atom stereocenters. The molecule has 0 spiro atoms. The molecule has 2 unspecified atom stereocenters. The Kier molecular flexibility index (Phi) is 12.7. The van der Waals surface area contributed by atoms with E-state index in [4.69, 9.17) is 24.2 Å². The molecule has 248 valence electrons. The third-order valence-corrected chi connectivity index (χ3v) is 8.55. The Morgan fingerprint density at radius 2 is 1.96 bits per heavy atom. The van der Waals surface area contributed by atoms with E-state index in [0.717, 1.165) is 18.2 Å². The topological polar surface area (TPSA) is 126 Å². The highest BCUT2D eigenvalue weighted by atomic mass is 32.2. The molecule has 47 heavy (non-hydrogen) atoms. The Bertz CT molecular complexity index is 1620. The SMILES string of the molecule is CC(=O)OCCCC(=O)OC(Cn1cncn1)(c1ccc(F)cc1F)C(C)SC1COC(C=CC=Cc2ccc(C#N)cc2F)OC1. The second-order valence-corrected chi connectivity index (χ2v) is 12.2. The molecule has 0 N–H and O–H groups in total. The van der Waals surface area contributed by atoms with E-state index in [1.807, 2.05) is 6.07 Å². The normalized spacial score (nSPS) is 18.5. The number of nitriles is 1. The van der Waals surface area contributed by atoms with Crippen molar-refractivity contribution in [3.05, 3.63) is 101 Å². The molecule has 0 amide bonds. The van der Waals surface area contributed by atoms with Crippen LogP contribution in [-0.2, 0) is 40.7 Å². The van der Waals surface area contributed by atoms with Gasteiger partial charge in [-0.05, 0) is 43.7 Å². The lowest BCUT2D eigenvalue weighted by Gasteiger charge is -2.40. The number of halogens is 3. The quantitative estimate of drug-likeness (QED) is 0.124. The Morgan fingerprint density at radius 3 is 2.62 bits per heavy atom. The summed E-state index contributed by atoms with van der Waals surface area (Å²) in [6, 6.07) is 9.15. The maximum absolute atomic E-state index is 15.5. The third kappa shape index (κ3) is 10.0. The van der Waals surface area contributed by atoms with Gasteiger partial charge in [-0.2, -0.15) is 10.4 Å². The van der Waals surface area contributed by atoms with Gasteiger partial charge in [-0.1, -0.05) is 24.3 Å². The number of nitrogens with zero attached hydrogens (tertiary/aromatic N) is 4. The van der Waals surface area contributed by atoms with Crippen LogP contribution < -0.4 is 0 Å². The molecule has 0 aliphatic carbocycles.